The van der Waals surface area contributed by atoms with Crippen molar-refractivity contribution in [1.29, 1.82) is 0 Å². The maximum Gasteiger partial charge on any atom is 0.251 e. The Labute approximate surface area is 141 Å². The predicted octanol–water partition coefficient (Wildman–Crippen LogP) is 3.56. The van der Waals surface area contributed by atoms with E-state index in [0.29, 0.717) is 22.7 Å². The number of hydrogen-bond acceptors (Lipinski definition) is 3. The topological polar surface area (TPSA) is 62.7 Å². The van der Waals surface area contributed by atoms with Gasteiger partial charge in [-0.3, -0.25) is 14.5 Å². The fraction of sp³-hybridized carbons (Fsp3) is 0.353. The second-order valence-electron chi connectivity index (χ2n) is 5.85. The lowest BCUT2D eigenvalue weighted by molar-refractivity contribution is 0.0922. The first kappa shape index (κ1) is 17.1. The molecule has 0 aliphatic heterocycles. The Kier molecular flexibility index (Phi) is 5.50. The molecule has 6 heteroatoms. The summed E-state index contributed by atoms with van der Waals surface area (Å²) in [4.78, 5) is 12.6. The summed E-state index contributed by atoms with van der Waals surface area (Å²) in [5, 5.41) is 10.2. The van der Waals surface area contributed by atoms with E-state index in [1.807, 2.05) is 43.5 Å². The third-order valence-corrected chi connectivity index (χ3v) is 3.92. The minimum atomic E-state index is -0.240. The molecule has 1 aromatic heterocycles. The van der Waals surface area contributed by atoms with Crippen LogP contribution in [0.3, 0.4) is 0 Å². The number of benzene rings is 1. The Hall–Kier alpha value is -2.21. The van der Waals surface area contributed by atoms with E-state index >= 15 is 0 Å². The Morgan fingerprint density at radius 2 is 2.26 bits per heavy atom. The minimum Gasteiger partial charge on any atom is -0.342 e. The van der Waals surface area contributed by atoms with E-state index in [2.05, 4.69) is 22.1 Å². The molecule has 0 saturated heterocycles. The van der Waals surface area contributed by atoms with Gasteiger partial charge in [-0.15, -0.1) is 6.58 Å². The summed E-state index contributed by atoms with van der Waals surface area (Å²) in [6.07, 6.45) is 1.76. The highest BCUT2D eigenvalue weighted by molar-refractivity contribution is 7.71. The summed E-state index contributed by atoms with van der Waals surface area (Å²) in [5.41, 5.74) is 1.69. The normalized spacial score (nSPS) is 12.2. The Bertz CT molecular complexity index is 760. The van der Waals surface area contributed by atoms with E-state index < -0.39 is 0 Å². The number of nitrogens with zero attached hydrogens (tertiary/aromatic N) is 2. The first-order valence-corrected chi connectivity index (χ1v) is 7.98. The van der Waals surface area contributed by atoms with Crippen molar-refractivity contribution in [2.75, 3.05) is 0 Å². The van der Waals surface area contributed by atoms with Gasteiger partial charge in [0.15, 0.2) is 10.6 Å². The summed E-state index contributed by atoms with van der Waals surface area (Å²) < 4.78 is 2.37. The van der Waals surface area contributed by atoms with Gasteiger partial charge in [-0.1, -0.05) is 37.6 Å². The van der Waals surface area contributed by atoms with E-state index in [-0.39, 0.29) is 17.9 Å². The van der Waals surface area contributed by atoms with Crippen molar-refractivity contribution in [3.05, 3.63) is 58.6 Å². The van der Waals surface area contributed by atoms with E-state index in [1.54, 1.807) is 12.1 Å². The molecule has 1 aromatic carbocycles. The number of nitrogens with one attached hydrogen (secondary N) is 2. The summed E-state index contributed by atoms with van der Waals surface area (Å²) >= 11 is 5.25. The van der Waals surface area contributed by atoms with Crippen LogP contribution in [-0.2, 0) is 6.54 Å². The van der Waals surface area contributed by atoms with Crippen molar-refractivity contribution in [3.63, 3.8) is 0 Å². The number of amides is 1. The van der Waals surface area contributed by atoms with Crippen LogP contribution in [0, 0.1) is 17.6 Å². The summed E-state index contributed by atoms with van der Waals surface area (Å²) in [7, 11) is 0. The molecular weight excluding hydrogens is 308 g/mol. The molecule has 2 aromatic rings. The van der Waals surface area contributed by atoms with Crippen LogP contribution in [0.25, 0.3) is 0 Å². The maximum atomic E-state index is 12.6. The Morgan fingerprint density at radius 1 is 1.52 bits per heavy atom. The van der Waals surface area contributed by atoms with Crippen molar-refractivity contribution >= 4 is 18.1 Å². The third-order valence-electron chi connectivity index (χ3n) is 3.61. The van der Waals surface area contributed by atoms with Gasteiger partial charge < -0.3 is 5.32 Å². The SMILES string of the molecule is C=CCn1c([C@@H](NC(=O)c2cccc(C)c2)C(C)C)n[nH]c1=S. The van der Waals surface area contributed by atoms with Crippen LogP contribution in [0.2, 0.25) is 0 Å². The summed E-state index contributed by atoms with van der Waals surface area (Å²) in [6.45, 7) is 10.3. The van der Waals surface area contributed by atoms with E-state index in [4.69, 9.17) is 12.2 Å². The zero-order chi connectivity index (χ0) is 17.0. The standard InChI is InChI=1S/C17H22N4OS/c1-5-9-21-15(19-20-17(21)23)14(11(2)3)18-16(22)13-8-6-7-12(4)10-13/h5-8,10-11,14H,1,9H2,2-4H3,(H,18,22)(H,20,23)/t14-/m0/s1. The fourth-order valence-electron chi connectivity index (χ4n) is 2.41. The predicted molar refractivity (Wildman–Crippen MR) is 93.8 cm³/mol. The van der Waals surface area contributed by atoms with Crippen molar-refractivity contribution in [2.24, 2.45) is 5.92 Å². The molecule has 0 radical (unpaired) electrons. The zero-order valence-electron chi connectivity index (χ0n) is 13.7. The van der Waals surface area contributed by atoms with Gasteiger partial charge in [0.2, 0.25) is 0 Å². The number of rotatable bonds is 6. The highest BCUT2D eigenvalue weighted by Gasteiger charge is 2.24. The lowest BCUT2D eigenvalue weighted by atomic mass is 10.0. The Morgan fingerprint density at radius 3 is 2.87 bits per heavy atom. The highest BCUT2D eigenvalue weighted by atomic mass is 32.1. The van der Waals surface area contributed by atoms with Crippen molar-refractivity contribution in [2.45, 2.75) is 33.4 Å². The molecule has 0 fully saturated rings. The van der Waals surface area contributed by atoms with Gasteiger partial charge in [0.05, 0.1) is 6.04 Å². The molecule has 1 heterocycles. The van der Waals surface area contributed by atoms with Crippen LogP contribution in [0.1, 0.15) is 41.6 Å². The number of aromatic nitrogens is 3. The van der Waals surface area contributed by atoms with E-state index in [0.717, 1.165) is 5.56 Å². The fourth-order valence-corrected chi connectivity index (χ4v) is 2.63. The van der Waals surface area contributed by atoms with E-state index in [1.165, 1.54) is 0 Å². The number of aryl methyl sites for hydroxylation is 1. The second-order valence-corrected chi connectivity index (χ2v) is 6.24. The molecule has 122 valence electrons. The van der Waals surface area contributed by atoms with Gasteiger partial charge in [-0.05, 0) is 37.2 Å². The second kappa shape index (κ2) is 7.37. The van der Waals surface area contributed by atoms with Crippen LogP contribution in [0.15, 0.2) is 36.9 Å². The summed E-state index contributed by atoms with van der Waals surface area (Å²) in [6, 6.07) is 7.28. The van der Waals surface area contributed by atoms with Crippen molar-refractivity contribution in [1.82, 2.24) is 20.1 Å². The van der Waals surface area contributed by atoms with Gasteiger partial charge in [0.25, 0.3) is 5.91 Å². The minimum absolute atomic E-state index is 0.119. The molecule has 23 heavy (non-hydrogen) atoms. The average Bonchev–Trinajstić information content (AvgIpc) is 2.86. The Balaban J connectivity index is 2.31. The third kappa shape index (κ3) is 3.96. The van der Waals surface area contributed by atoms with Gasteiger partial charge >= 0.3 is 0 Å². The first-order valence-electron chi connectivity index (χ1n) is 7.57. The molecule has 1 amide bonds. The number of H-pyrrole nitrogens is 1. The quantitative estimate of drug-likeness (QED) is 0.629. The maximum absolute atomic E-state index is 12.6. The summed E-state index contributed by atoms with van der Waals surface area (Å²) in [5.74, 6) is 0.759. The smallest absolute Gasteiger partial charge is 0.251 e. The highest BCUT2D eigenvalue weighted by Crippen LogP contribution is 2.21. The van der Waals surface area contributed by atoms with Crippen LogP contribution in [-0.4, -0.2) is 20.7 Å². The molecule has 0 unspecified atom stereocenters. The van der Waals surface area contributed by atoms with Crippen LogP contribution >= 0.6 is 12.2 Å². The molecule has 2 N–H and O–H groups in total. The molecule has 2 rings (SSSR count). The molecule has 0 bridgehead atoms. The number of aromatic amines is 1. The van der Waals surface area contributed by atoms with Gasteiger partial charge in [0, 0.05) is 12.1 Å². The molecule has 0 aliphatic rings. The molecule has 0 spiro atoms. The lowest BCUT2D eigenvalue weighted by Crippen LogP contribution is -2.33. The van der Waals surface area contributed by atoms with Gasteiger partial charge in [-0.25, -0.2) is 0 Å². The first-order chi connectivity index (χ1) is 10.9. The van der Waals surface area contributed by atoms with Gasteiger partial charge in [0.1, 0.15) is 0 Å². The number of carbonyl (C=O) groups is 1. The molecule has 1 atom stereocenters. The molecule has 0 saturated carbocycles. The number of allylic oxidation sites excluding steroid dienone is 1. The number of hydrogen-bond donors (Lipinski definition) is 2. The number of carbonyl (C=O) groups excluding carboxylic acids is 1. The van der Waals surface area contributed by atoms with E-state index in [9.17, 15) is 4.79 Å². The van der Waals surface area contributed by atoms with Crippen LogP contribution in [0.5, 0.6) is 0 Å². The van der Waals surface area contributed by atoms with Crippen molar-refractivity contribution < 1.29 is 4.79 Å². The van der Waals surface area contributed by atoms with Crippen LogP contribution < -0.4 is 5.32 Å². The largest absolute Gasteiger partial charge is 0.342 e. The molecule has 5 nitrogen and oxygen atoms in total. The zero-order valence-corrected chi connectivity index (χ0v) is 14.5. The van der Waals surface area contributed by atoms with Crippen LogP contribution in [0.4, 0.5) is 0 Å². The molecular formula is C17H22N4OS. The monoisotopic (exact) mass is 330 g/mol. The lowest BCUT2D eigenvalue weighted by Gasteiger charge is -2.22. The van der Waals surface area contributed by atoms with Gasteiger partial charge in [-0.2, -0.15) is 5.10 Å². The average molecular weight is 330 g/mol. The van der Waals surface area contributed by atoms with Crippen molar-refractivity contribution in [3.8, 4) is 0 Å². The molecule has 0 aliphatic carbocycles.